The fraction of sp³-hybridized carbons (Fsp3) is 0.400. The molecule has 0 fully saturated rings. The number of hydrogen-bond donors (Lipinski definition) is 6. The van der Waals surface area contributed by atoms with Crippen LogP contribution in [0.1, 0.15) is 0 Å². The molecule has 0 spiro atoms. The zero-order chi connectivity index (χ0) is 28.7. The Kier molecular flexibility index (Phi) is 50.8. The maximum atomic E-state index is 10.4. The summed E-state index contributed by atoms with van der Waals surface area (Å²) >= 11 is 0. The van der Waals surface area contributed by atoms with Gasteiger partial charge < -0.3 is 62.8 Å². The first-order valence-electron chi connectivity index (χ1n) is 8.86. The van der Waals surface area contributed by atoms with Crippen LogP contribution in [0.2, 0.25) is 0 Å². The second kappa shape index (κ2) is 36.6. The number of rotatable bonds is 6. The summed E-state index contributed by atoms with van der Waals surface area (Å²) in [4.78, 5) is 93.0. The van der Waals surface area contributed by atoms with Crippen LogP contribution in [0, 0.1) is 0 Å². The summed E-state index contributed by atoms with van der Waals surface area (Å²) in [7, 11) is 0. The van der Waals surface area contributed by atoms with Crippen LogP contribution in [-0.4, -0.2) is 212 Å². The van der Waals surface area contributed by atoms with Gasteiger partial charge in [-0.05, 0) is 0 Å². The summed E-state index contributed by atoms with van der Waals surface area (Å²) in [6, 6.07) is 0. The average Bonchev–Trinajstić information content (AvgIpc) is 2.83. The Morgan fingerprint density at radius 3 is 0.475 bits per heavy atom. The Bertz CT molecular complexity index is 669. The molecule has 212 valence electrons. The molecule has 0 radical (unpaired) electrons. The van der Waals surface area contributed by atoms with Crippen molar-refractivity contribution in [2.45, 2.75) is 0 Å². The molecule has 0 aromatic heterocycles. The number of carbonyl (C=O) groups is 9. The number of nitrogens with two attached hydrogens (primary N) is 6. The van der Waals surface area contributed by atoms with E-state index in [0.29, 0.717) is 0 Å². The monoisotopic (exact) mass is 624 g/mol. The predicted molar refractivity (Wildman–Crippen MR) is 136 cm³/mol. The van der Waals surface area contributed by atoms with E-state index in [2.05, 4.69) is 28.4 Å². The molecule has 40 heavy (non-hydrogen) atoms. The van der Waals surface area contributed by atoms with Crippen molar-refractivity contribution in [1.29, 1.82) is 0 Å². The fourth-order valence-electron chi connectivity index (χ4n) is 0.870. The molecule has 0 amide bonds. The van der Waals surface area contributed by atoms with Gasteiger partial charge >= 0.3 is 173 Å². The molecule has 0 saturated carbocycles. The molecule has 0 aliphatic carbocycles. The molecule has 0 unspecified atom stereocenters. The molecule has 25 heteroatoms. The Morgan fingerprint density at radius 2 is 0.400 bits per heavy atom. The van der Waals surface area contributed by atoms with Crippen molar-refractivity contribution in [3.05, 3.63) is 0 Å². The number of carbonyl (C=O) groups excluding carboxylic acids is 9. The Morgan fingerprint density at radius 1 is 0.300 bits per heavy atom. The van der Waals surface area contributed by atoms with E-state index in [1.165, 1.54) is 0 Å². The van der Waals surface area contributed by atoms with Crippen LogP contribution in [0.25, 0.3) is 0 Å². The second-order valence-electron chi connectivity index (χ2n) is 4.82. The Hall–Kier alpha value is -0.410. The van der Waals surface area contributed by atoms with Gasteiger partial charge in [0.15, 0.2) is 0 Å². The molecule has 0 saturated heterocycles. The molecule has 0 heterocycles. The molecule has 0 aromatic carbocycles. The van der Waals surface area contributed by atoms with Crippen LogP contribution < -0.4 is 34.4 Å². The fourth-order valence-corrected chi connectivity index (χ4v) is 0.870. The summed E-state index contributed by atoms with van der Waals surface area (Å²) in [5, 5.41) is 0. The summed E-state index contributed by atoms with van der Waals surface area (Å²) in [5.41, 5.74) is 28.8. The van der Waals surface area contributed by atoms with E-state index in [1.54, 1.807) is 0 Å². The normalized spacial score (nSPS) is 7.95. The first-order chi connectivity index (χ1) is 16.8. The summed E-state index contributed by atoms with van der Waals surface area (Å²) in [6.07, 6.45) is -4.25. The summed E-state index contributed by atoms with van der Waals surface area (Å²) in [6.45, 7) is -2.80. The predicted octanol–water partition coefficient (Wildman–Crippen LogP) is -8.26. The van der Waals surface area contributed by atoms with Gasteiger partial charge in [0.1, 0.15) is 0 Å². The van der Waals surface area contributed by atoms with Crippen LogP contribution in [0.15, 0.2) is 0 Å². The van der Waals surface area contributed by atoms with Crippen molar-refractivity contribution >= 4 is 173 Å². The quantitative estimate of drug-likeness (QED) is 0.0691. The van der Waals surface area contributed by atoms with Crippen LogP contribution in [-0.2, 0) is 57.2 Å². The minimum atomic E-state index is -1.42. The van der Waals surface area contributed by atoms with Crippen molar-refractivity contribution in [2.75, 3.05) is 39.3 Å². The number of ether oxygens (including phenoxy) is 6. The molecule has 12 N–H and O–H groups in total. The third-order valence-electron chi connectivity index (χ3n) is 2.18. The standard InChI is InChI=1S/3C5H8N2O5.4Na.4H/c3*6-1-3(8)11-5(10)12-4(9)2-7;;;;;;;;/h3*1-2,6-7H2;;;;;;;;. The molecular weight excluding hydrogens is 596 g/mol. The van der Waals surface area contributed by atoms with Crippen molar-refractivity contribution in [3.63, 3.8) is 0 Å². The van der Waals surface area contributed by atoms with Crippen molar-refractivity contribution in [3.8, 4) is 0 Å². The third kappa shape index (κ3) is 39.7. The second-order valence-corrected chi connectivity index (χ2v) is 4.82. The summed E-state index contributed by atoms with van der Waals surface area (Å²) < 4.78 is 23.2. The molecule has 0 atom stereocenters. The van der Waals surface area contributed by atoms with Gasteiger partial charge in [-0.15, -0.1) is 0 Å². The third-order valence-corrected chi connectivity index (χ3v) is 2.18. The van der Waals surface area contributed by atoms with Crippen LogP contribution in [0.5, 0.6) is 0 Å². The van der Waals surface area contributed by atoms with Crippen molar-refractivity contribution in [1.82, 2.24) is 0 Å². The van der Waals surface area contributed by atoms with Gasteiger partial charge in [0, 0.05) is 0 Å². The summed E-state index contributed by atoms with van der Waals surface area (Å²) in [5.74, 6) is -5.89. The Balaban J connectivity index is -0.0000000778. The van der Waals surface area contributed by atoms with Gasteiger partial charge in [0.25, 0.3) is 0 Å². The van der Waals surface area contributed by atoms with E-state index in [0.717, 1.165) is 0 Å². The van der Waals surface area contributed by atoms with Crippen LogP contribution in [0.3, 0.4) is 0 Å². The zero-order valence-electron chi connectivity index (χ0n) is 18.3. The molecule has 0 rings (SSSR count). The van der Waals surface area contributed by atoms with Gasteiger partial charge in [-0.25, -0.2) is 14.4 Å². The van der Waals surface area contributed by atoms with E-state index in [-0.39, 0.29) is 118 Å². The zero-order valence-corrected chi connectivity index (χ0v) is 18.3. The first kappa shape index (κ1) is 55.5. The molecule has 0 aliphatic rings. The van der Waals surface area contributed by atoms with Gasteiger partial charge in [-0.1, -0.05) is 0 Å². The number of esters is 6. The van der Waals surface area contributed by atoms with E-state index >= 15 is 0 Å². The molecule has 0 bridgehead atoms. The van der Waals surface area contributed by atoms with Crippen LogP contribution in [0.4, 0.5) is 14.4 Å². The van der Waals surface area contributed by atoms with Gasteiger partial charge in [0.05, 0.1) is 39.3 Å². The van der Waals surface area contributed by atoms with Gasteiger partial charge in [-0.2, -0.15) is 0 Å². The molecule has 0 aliphatic heterocycles. The maximum absolute atomic E-state index is 10.4. The van der Waals surface area contributed by atoms with Crippen molar-refractivity contribution < 1.29 is 71.6 Å². The Labute approximate surface area is 314 Å². The number of hydrogen-bond acceptors (Lipinski definition) is 21. The van der Waals surface area contributed by atoms with Crippen molar-refractivity contribution in [2.24, 2.45) is 34.4 Å². The molecule has 0 aromatic rings. The van der Waals surface area contributed by atoms with E-state index in [4.69, 9.17) is 34.4 Å². The van der Waals surface area contributed by atoms with E-state index in [1.807, 2.05) is 0 Å². The topological polar surface area (TPSA) is 365 Å². The first-order valence-corrected chi connectivity index (χ1v) is 8.86. The average molecular weight is 624 g/mol. The SMILES string of the molecule is NCC(=O)OC(=O)OC(=O)CN.NCC(=O)OC(=O)OC(=O)CN.NCC(=O)OC(=O)OC(=O)CN.[NaH].[NaH].[NaH].[NaH]. The van der Waals surface area contributed by atoms with E-state index in [9.17, 15) is 43.2 Å². The van der Waals surface area contributed by atoms with Crippen LogP contribution >= 0.6 is 0 Å². The molecular formula is C15H28N6Na4O15. The minimum absolute atomic E-state index is 0. The molecule has 21 nitrogen and oxygen atoms in total. The van der Waals surface area contributed by atoms with Gasteiger partial charge in [-0.3, -0.25) is 28.8 Å². The van der Waals surface area contributed by atoms with Gasteiger partial charge in [0.2, 0.25) is 0 Å². The van der Waals surface area contributed by atoms with E-state index < -0.39 is 93.6 Å².